The fourth-order valence-corrected chi connectivity index (χ4v) is 5.80. The van der Waals surface area contributed by atoms with Gasteiger partial charge in [-0.15, -0.1) is 0 Å². The Morgan fingerprint density at radius 3 is 2.25 bits per heavy atom. The van der Waals surface area contributed by atoms with E-state index in [0.29, 0.717) is 13.0 Å². The smallest absolute Gasteiger partial charge is 0.145 e. The zero-order valence-electron chi connectivity index (χ0n) is 23.3. The minimum Gasteiger partial charge on any atom is -0.390 e. The number of nitrogens with one attached hydrogen (secondary N) is 3. The van der Waals surface area contributed by atoms with E-state index in [9.17, 15) is 10.2 Å². The molecule has 5 N–H and O–H groups in total. The van der Waals surface area contributed by atoms with Crippen molar-refractivity contribution in [1.82, 2.24) is 25.2 Å². The van der Waals surface area contributed by atoms with E-state index >= 15 is 0 Å². The lowest BCUT2D eigenvalue weighted by Gasteiger charge is -2.19. The van der Waals surface area contributed by atoms with Crippen molar-refractivity contribution >= 4 is 16.9 Å². The van der Waals surface area contributed by atoms with E-state index in [1.807, 2.05) is 23.9 Å². The fourth-order valence-electron chi connectivity index (χ4n) is 5.80. The van der Waals surface area contributed by atoms with Gasteiger partial charge in [0.2, 0.25) is 0 Å². The van der Waals surface area contributed by atoms with Gasteiger partial charge in [0.1, 0.15) is 23.9 Å². The molecule has 0 aliphatic heterocycles. The SMILES string of the molecule is CNc1ncnc2c1ccn2[C@@H]1C[C@H](CNCCCNCCc2ccc(CCc3ccccc3)cc2)[C@@H](O)[C@H]1O. The number of anilines is 1. The monoisotopic (exact) mass is 542 g/mol. The lowest BCUT2D eigenvalue weighted by molar-refractivity contribution is 0.00694. The topological polar surface area (TPSA) is 107 Å². The molecule has 2 heterocycles. The number of aliphatic hydroxyl groups excluding tert-OH is 2. The predicted molar refractivity (Wildman–Crippen MR) is 161 cm³/mol. The quantitative estimate of drug-likeness (QED) is 0.156. The first-order valence-corrected chi connectivity index (χ1v) is 14.5. The number of hydrogen-bond donors (Lipinski definition) is 5. The molecule has 1 saturated carbocycles. The summed E-state index contributed by atoms with van der Waals surface area (Å²) in [5.74, 6) is 0.753. The van der Waals surface area contributed by atoms with Crippen LogP contribution in [-0.2, 0) is 19.3 Å². The number of hydrogen-bond acceptors (Lipinski definition) is 7. The second-order valence-electron chi connectivity index (χ2n) is 10.8. The molecule has 1 aliphatic carbocycles. The summed E-state index contributed by atoms with van der Waals surface area (Å²) in [5.41, 5.74) is 4.91. The maximum absolute atomic E-state index is 10.8. The molecule has 40 heavy (non-hydrogen) atoms. The zero-order chi connectivity index (χ0) is 27.7. The van der Waals surface area contributed by atoms with Crippen LogP contribution in [0.2, 0.25) is 0 Å². The number of nitrogens with zero attached hydrogens (tertiary/aromatic N) is 3. The third-order valence-electron chi connectivity index (χ3n) is 8.15. The molecule has 8 heteroatoms. The van der Waals surface area contributed by atoms with Gasteiger partial charge in [-0.2, -0.15) is 0 Å². The average molecular weight is 543 g/mol. The summed E-state index contributed by atoms with van der Waals surface area (Å²) in [4.78, 5) is 8.69. The largest absolute Gasteiger partial charge is 0.390 e. The number of aromatic nitrogens is 3. The van der Waals surface area contributed by atoms with Crippen LogP contribution >= 0.6 is 0 Å². The highest BCUT2D eigenvalue weighted by atomic mass is 16.3. The lowest BCUT2D eigenvalue weighted by atomic mass is 10.0. The van der Waals surface area contributed by atoms with Gasteiger partial charge in [0.05, 0.1) is 17.5 Å². The number of benzene rings is 2. The van der Waals surface area contributed by atoms with Gasteiger partial charge in [-0.3, -0.25) is 0 Å². The highest BCUT2D eigenvalue weighted by molar-refractivity contribution is 5.87. The van der Waals surface area contributed by atoms with E-state index in [4.69, 9.17) is 0 Å². The van der Waals surface area contributed by atoms with Gasteiger partial charge in [0, 0.05) is 25.7 Å². The van der Waals surface area contributed by atoms with Crippen LogP contribution in [-0.4, -0.2) is 70.2 Å². The molecule has 212 valence electrons. The van der Waals surface area contributed by atoms with Gasteiger partial charge >= 0.3 is 0 Å². The summed E-state index contributed by atoms with van der Waals surface area (Å²) in [6.45, 7) is 3.46. The zero-order valence-corrected chi connectivity index (χ0v) is 23.3. The minimum atomic E-state index is -0.824. The van der Waals surface area contributed by atoms with Gasteiger partial charge in [-0.05, 0) is 74.5 Å². The summed E-state index contributed by atoms with van der Waals surface area (Å²) in [6, 6.07) is 21.4. The molecule has 0 saturated heterocycles. The van der Waals surface area contributed by atoms with Crippen LogP contribution in [0.25, 0.3) is 11.0 Å². The van der Waals surface area contributed by atoms with Crippen LogP contribution in [0, 0.1) is 5.92 Å². The van der Waals surface area contributed by atoms with E-state index in [0.717, 1.165) is 62.2 Å². The molecular formula is C32H42N6O2. The van der Waals surface area contributed by atoms with Gasteiger partial charge in [0.25, 0.3) is 0 Å². The normalized spacial score (nSPS) is 20.8. The number of fused-ring (bicyclic) bond motifs is 1. The molecular weight excluding hydrogens is 500 g/mol. The molecule has 4 aromatic rings. The molecule has 1 fully saturated rings. The van der Waals surface area contributed by atoms with Crippen molar-refractivity contribution in [2.45, 2.75) is 50.4 Å². The third kappa shape index (κ3) is 6.88. The molecule has 0 radical (unpaired) electrons. The molecule has 5 rings (SSSR count). The van der Waals surface area contributed by atoms with Crippen LogP contribution in [0.4, 0.5) is 5.82 Å². The van der Waals surface area contributed by atoms with E-state index in [1.54, 1.807) is 0 Å². The first kappa shape index (κ1) is 28.2. The van der Waals surface area contributed by atoms with E-state index in [1.165, 1.54) is 23.0 Å². The number of aryl methyl sites for hydroxylation is 2. The molecule has 1 aliphatic rings. The summed E-state index contributed by atoms with van der Waals surface area (Å²) in [7, 11) is 1.83. The number of aliphatic hydroxyl groups is 2. The van der Waals surface area contributed by atoms with Crippen molar-refractivity contribution in [3.63, 3.8) is 0 Å². The highest BCUT2D eigenvalue weighted by Gasteiger charge is 2.42. The van der Waals surface area contributed by atoms with Crippen LogP contribution in [0.3, 0.4) is 0 Å². The maximum Gasteiger partial charge on any atom is 0.145 e. The Labute approximate surface area is 236 Å². The minimum absolute atomic E-state index is 0.00770. The van der Waals surface area contributed by atoms with E-state index in [-0.39, 0.29) is 12.0 Å². The highest BCUT2D eigenvalue weighted by Crippen LogP contribution is 2.37. The Bertz CT molecular complexity index is 1330. The molecule has 8 nitrogen and oxygen atoms in total. The summed E-state index contributed by atoms with van der Waals surface area (Å²) >= 11 is 0. The molecule has 0 unspecified atom stereocenters. The molecule has 0 spiro atoms. The Morgan fingerprint density at radius 1 is 0.800 bits per heavy atom. The van der Waals surface area contributed by atoms with Crippen molar-refractivity contribution in [3.8, 4) is 0 Å². The fraction of sp³-hybridized carbons (Fsp3) is 0.438. The van der Waals surface area contributed by atoms with Gasteiger partial charge in [-0.25, -0.2) is 9.97 Å². The first-order chi connectivity index (χ1) is 19.6. The second-order valence-corrected chi connectivity index (χ2v) is 10.8. The molecule has 2 aromatic carbocycles. The molecule has 2 aromatic heterocycles. The first-order valence-electron chi connectivity index (χ1n) is 14.5. The van der Waals surface area contributed by atoms with Crippen molar-refractivity contribution in [1.29, 1.82) is 0 Å². The van der Waals surface area contributed by atoms with Crippen molar-refractivity contribution in [3.05, 3.63) is 89.9 Å². The van der Waals surface area contributed by atoms with Crippen LogP contribution in [0.5, 0.6) is 0 Å². The van der Waals surface area contributed by atoms with E-state index < -0.39 is 12.2 Å². The van der Waals surface area contributed by atoms with Crippen LogP contribution in [0.15, 0.2) is 73.2 Å². The Hall–Kier alpha value is -3.30. The van der Waals surface area contributed by atoms with Gasteiger partial charge in [0.15, 0.2) is 0 Å². The predicted octanol–water partition coefficient (Wildman–Crippen LogP) is 3.35. The summed E-state index contributed by atoms with van der Waals surface area (Å²) in [5, 5.41) is 32.5. The molecule has 0 bridgehead atoms. The van der Waals surface area contributed by atoms with Crippen molar-refractivity contribution in [2.75, 3.05) is 38.5 Å². The van der Waals surface area contributed by atoms with Crippen LogP contribution in [0.1, 0.15) is 35.6 Å². The Morgan fingerprint density at radius 2 is 1.50 bits per heavy atom. The average Bonchev–Trinajstić information content (AvgIpc) is 3.55. The standard InChI is InChI=1S/C32H42N6O2/c1-33-31-27-15-19-38(32(27)37-22-36-31)28-20-26(29(39)30(28)40)21-35-17-5-16-34-18-14-25-12-10-24(11-13-25)9-8-23-6-3-2-4-7-23/h2-4,6-7,10-13,15,19,22,26,28-30,34-35,39-40H,5,8-9,14,16-18,20-21H2,1H3,(H,33,36,37)/t26-,28-,29-,30+/m1/s1. The maximum atomic E-state index is 10.8. The Balaban J connectivity index is 0.969. The van der Waals surface area contributed by atoms with Crippen molar-refractivity contribution < 1.29 is 10.2 Å². The molecule has 4 atom stereocenters. The van der Waals surface area contributed by atoms with Gasteiger partial charge in [-0.1, -0.05) is 54.6 Å². The second kappa shape index (κ2) is 13.9. The van der Waals surface area contributed by atoms with E-state index in [2.05, 4.69) is 80.5 Å². The molecule has 0 amide bonds. The third-order valence-corrected chi connectivity index (χ3v) is 8.15. The Kier molecular flexibility index (Phi) is 9.78. The summed E-state index contributed by atoms with van der Waals surface area (Å²) < 4.78 is 1.98. The number of rotatable bonds is 14. The van der Waals surface area contributed by atoms with Crippen molar-refractivity contribution in [2.24, 2.45) is 5.92 Å². The lowest BCUT2D eigenvalue weighted by Crippen LogP contribution is -2.34. The summed E-state index contributed by atoms with van der Waals surface area (Å²) in [6.07, 6.45) is 6.76. The van der Waals surface area contributed by atoms with Gasteiger partial charge < -0.3 is 30.7 Å². The van der Waals surface area contributed by atoms with Crippen LogP contribution < -0.4 is 16.0 Å².